The molecule has 0 spiro atoms. The summed E-state index contributed by atoms with van der Waals surface area (Å²) >= 11 is 0. The molecule has 0 amide bonds. The fraction of sp³-hybridized carbons (Fsp3) is 0.0517. The lowest BCUT2D eigenvalue weighted by molar-refractivity contribution is 0.618. The molecule has 0 aliphatic heterocycles. The van der Waals surface area contributed by atoms with Crippen molar-refractivity contribution in [1.29, 1.82) is 0 Å². The van der Waals surface area contributed by atoms with Gasteiger partial charge in [-0.1, -0.05) is 153 Å². The second-order valence-corrected chi connectivity index (χ2v) is 17.0. The fourth-order valence-corrected chi connectivity index (χ4v) is 10.6. The molecule has 2 heteroatoms. The van der Waals surface area contributed by atoms with Gasteiger partial charge in [0.15, 0.2) is 5.58 Å². The molecule has 0 saturated carbocycles. The van der Waals surface area contributed by atoms with Crippen LogP contribution >= 0.6 is 0 Å². The third kappa shape index (κ3) is 4.62. The minimum Gasteiger partial charge on any atom is -0.436 e. The molecule has 0 radical (unpaired) electrons. The summed E-state index contributed by atoms with van der Waals surface area (Å²) < 4.78 is 6.32. The molecule has 2 nitrogen and oxygen atoms in total. The molecule has 0 saturated heterocycles. The molecule has 12 aromatic rings. The number of hydrogen-bond donors (Lipinski definition) is 0. The Bertz CT molecular complexity index is 3780. The standard InChI is InChI=1S/C58H37NO/c1-58(2)51-31-36(57-59-53-25-13-14-26-54(53)60-57)27-28-43(51)46-32-49-50(33-52(46)58)56(48-30-35-16-4-6-18-38(35)40-20-8-10-22-42(40)48)45-24-12-11-23-44(45)55(49)47-29-34-15-3-5-17-37(34)39-19-7-9-21-41(39)47/h3-33H,1-2H3. The Morgan fingerprint density at radius 3 is 1.45 bits per heavy atom. The summed E-state index contributed by atoms with van der Waals surface area (Å²) in [6.07, 6.45) is 0. The Balaban J connectivity index is 1.18. The summed E-state index contributed by atoms with van der Waals surface area (Å²) in [5, 5.41) is 15.1. The van der Waals surface area contributed by atoms with Crippen LogP contribution in [0, 0.1) is 0 Å². The first-order valence-electron chi connectivity index (χ1n) is 20.9. The number of para-hydroxylation sites is 2. The van der Waals surface area contributed by atoms with Crippen molar-refractivity contribution >= 4 is 75.7 Å². The van der Waals surface area contributed by atoms with E-state index in [0.29, 0.717) is 5.89 Å². The van der Waals surface area contributed by atoms with E-state index >= 15 is 0 Å². The van der Waals surface area contributed by atoms with Crippen molar-refractivity contribution in [2.45, 2.75) is 19.3 Å². The minimum absolute atomic E-state index is 0.287. The van der Waals surface area contributed by atoms with Crippen molar-refractivity contribution in [3.63, 3.8) is 0 Å². The van der Waals surface area contributed by atoms with E-state index in [1.165, 1.54) is 109 Å². The topological polar surface area (TPSA) is 26.0 Å². The molecule has 280 valence electrons. The number of aromatic nitrogens is 1. The Morgan fingerprint density at radius 1 is 0.367 bits per heavy atom. The zero-order valence-corrected chi connectivity index (χ0v) is 33.3. The van der Waals surface area contributed by atoms with Gasteiger partial charge in [-0.3, -0.25) is 0 Å². The van der Waals surface area contributed by atoms with Gasteiger partial charge in [0.05, 0.1) is 0 Å². The van der Waals surface area contributed by atoms with Gasteiger partial charge in [-0.15, -0.1) is 0 Å². The highest BCUT2D eigenvalue weighted by Gasteiger charge is 2.37. The van der Waals surface area contributed by atoms with Crippen LogP contribution in [0.3, 0.4) is 0 Å². The van der Waals surface area contributed by atoms with E-state index in [1.54, 1.807) is 0 Å². The van der Waals surface area contributed by atoms with Gasteiger partial charge in [0.25, 0.3) is 0 Å². The normalized spacial score (nSPS) is 13.3. The average molecular weight is 764 g/mol. The number of fused-ring (bicyclic) bond motifs is 12. The molecule has 0 atom stereocenters. The molecule has 1 aliphatic carbocycles. The summed E-state index contributed by atoms with van der Waals surface area (Å²) in [4.78, 5) is 4.90. The lowest BCUT2D eigenvalue weighted by Crippen LogP contribution is -2.15. The van der Waals surface area contributed by atoms with Gasteiger partial charge in [0.1, 0.15) is 5.52 Å². The third-order valence-electron chi connectivity index (χ3n) is 13.4. The summed E-state index contributed by atoms with van der Waals surface area (Å²) in [6, 6.07) is 69.4. The summed E-state index contributed by atoms with van der Waals surface area (Å²) in [5.41, 5.74) is 12.6. The highest BCUT2D eigenvalue weighted by atomic mass is 16.3. The van der Waals surface area contributed by atoms with Gasteiger partial charge in [-0.25, -0.2) is 4.98 Å². The van der Waals surface area contributed by atoms with Gasteiger partial charge >= 0.3 is 0 Å². The SMILES string of the molecule is CC1(C)c2cc(-c3nc4ccccc4o3)ccc2-c2cc3c(-c4cc5ccccc5c5ccccc45)c4ccccc4c(-c4cc5ccccc5c5ccccc45)c3cc21. The molecular formula is C58H37NO. The highest BCUT2D eigenvalue weighted by Crippen LogP contribution is 2.55. The molecule has 0 unspecified atom stereocenters. The third-order valence-corrected chi connectivity index (χ3v) is 13.4. The van der Waals surface area contributed by atoms with Gasteiger partial charge in [0, 0.05) is 11.0 Å². The van der Waals surface area contributed by atoms with Crippen molar-refractivity contribution in [2.75, 3.05) is 0 Å². The molecule has 0 fully saturated rings. The first-order valence-corrected chi connectivity index (χ1v) is 20.9. The fourth-order valence-electron chi connectivity index (χ4n) is 10.6. The Labute approximate surface area is 347 Å². The van der Waals surface area contributed by atoms with Crippen molar-refractivity contribution in [1.82, 2.24) is 4.98 Å². The van der Waals surface area contributed by atoms with Crippen LogP contribution < -0.4 is 0 Å². The van der Waals surface area contributed by atoms with Crippen LogP contribution in [0.5, 0.6) is 0 Å². The van der Waals surface area contributed by atoms with Gasteiger partial charge in [0.2, 0.25) is 5.89 Å². The number of hydrogen-bond acceptors (Lipinski definition) is 2. The predicted molar refractivity (Wildman–Crippen MR) is 253 cm³/mol. The molecule has 1 aromatic heterocycles. The maximum absolute atomic E-state index is 6.32. The minimum atomic E-state index is -0.287. The second-order valence-electron chi connectivity index (χ2n) is 17.0. The molecular weight excluding hydrogens is 727 g/mol. The summed E-state index contributed by atoms with van der Waals surface area (Å²) in [7, 11) is 0. The van der Waals surface area contributed by atoms with Gasteiger partial charge in [-0.2, -0.15) is 0 Å². The van der Waals surface area contributed by atoms with E-state index in [1.807, 2.05) is 24.3 Å². The van der Waals surface area contributed by atoms with Crippen LogP contribution in [-0.2, 0) is 5.41 Å². The van der Waals surface area contributed by atoms with E-state index in [2.05, 4.69) is 178 Å². The lowest BCUT2D eigenvalue weighted by Gasteiger charge is -2.25. The maximum atomic E-state index is 6.32. The number of nitrogens with zero attached hydrogens (tertiary/aromatic N) is 1. The summed E-state index contributed by atoms with van der Waals surface area (Å²) in [6.45, 7) is 4.76. The quantitative estimate of drug-likeness (QED) is 0.132. The molecule has 11 aromatic carbocycles. The first-order chi connectivity index (χ1) is 29.5. The van der Waals surface area contributed by atoms with E-state index in [0.717, 1.165) is 16.7 Å². The number of oxazole rings is 1. The van der Waals surface area contributed by atoms with Crippen molar-refractivity contribution in [3.05, 3.63) is 199 Å². The van der Waals surface area contributed by atoms with E-state index in [-0.39, 0.29) is 5.41 Å². The van der Waals surface area contributed by atoms with Crippen LogP contribution in [0.15, 0.2) is 192 Å². The number of benzene rings is 11. The molecule has 1 aliphatic rings. The van der Waals surface area contributed by atoms with E-state index in [4.69, 9.17) is 9.40 Å². The molecule has 0 N–H and O–H groups in total. The zero-order chi connectivity index (χ0) is 39.7. The highest BCUT2D eigenvalue weighted by molar-refractivity contribution is 6.29. The van der Waals surface area contributed by atoms with Crippen LogP contribution in [0.4, 0.5) is 0 Å². The predicted octanol–water partition coefficient (Wildman–Crippen LogP) is 16.1. The average Bonchev–Trinajstić information content (AvgIpc) is 3.83. The Kier molecular flexibility index (Phi) is 6.82. The smallest absolute Gasteiger partial charge is 0.227 e. The second kappa shape index (κ2) is 12.2. The van der Waals surface area contributed by atoms with Crippen molar-refractivity contribution < 1.29 is 4.42 Å². The van der Waals surface area contributed by atoms with Crippen molar-refractivity contribution in [3.8, 4) is 44.8 Å². The van der Waals surface area contributed by atoms with Crippen LogP contribution in [0.1, 0.15) is 25.0 Å². The zero-order valence-electron chi connectivity index (χ0n) is 33.3. The van der Waals surface area contributed by atoms with Crippen LogP contribution in [-0.4, -0.2) is 4.98 Å². The monoisotopic (exact) mass is 763 g/mol. The summed E-state index contributed by atoms with van der Waals surface area (Å²) in [5.74, 6) is 0.651. The van der Waals surface area contributed by atoms with Crippen molar-refractivity contribution in [2.24, 2.45) is 0 Å². The maximum Gasteiger partial charge on any atom is 0.227 e. The van der Waals surface area contributed by atoms with Gasteiger partial charge < -0.3 is 4.42 Å². The van der Waals surface area contributed by atoms with Gasteiger partial charge in [-0.05, 0) is 158 Å². The largest absolute Gasteiger partial charge is 0.436 e. The Morgan fingerprint density at radius 2 is 0.850 bits per heavy atom. The Hall–Kier alpha value is -7.55. The van der Waals surface area contributed by atoms with Crippen LogP contribution in [0.25, 0.3) is 121 Å². The van der Waals surface area contributed by atoms with E-state index in [9.17, 15) is 0 Å². The molecule has 1 heterocycles. The number of rotatable bonds is 3. The molecule has 13 rings (SSSR count). The molecule has 0 bridgehead atoms. The molecule has 60 heavy (non-hydrogen) atoms. The van der Waals surface area contributed by atoms with Crippen LogP contribution in [0.2, 0.25) is 0 Å². The van der Waals surface area contributed by atoms with E-state index < -0.39 is 0 Å². The first kappa shape index (κ1) is 33.4. The lowest BCUT2D eigenvalue weighted by atomic mass is 9.78.